The second-order valence-electron chi connectivity index (χ2n) is 4.99. The van der Waals surface area contributed by atoms with E-state index in [1.54, 1.807) is 0 Å². The Bertz CT molecular complexity index is 789. The lowest BCUT2D eigenvalue weighted by atomic mass is 9.98. The van der Waals surface area contributed by atoms with Gasteiger partial charge in [0, 0.05) is 5.92 Å². The molecular formula is C18H15N3. The number of rotatable bonds is 3. The van der Waals surface area contributed by atoms with Crippen LogP contribution < -0.4 is 0 Å². The summed E-state index contributed by atoms with van der Waals surface area (Å²) in [5, 5.41) is 9.42. The maximum Gasteiger partial charge on any atom is 0.148 e. The van der Waals surface area contributed by atoms with Gasteiger partial charge in [-0.2, -0.15) is 5.26 Å². The van der Waals surface area contributed by atoms with Gasteiger partial charge in [0.15, 0.2) is 0 Å². The third-order valence-corrected chi connectivity index (χ3v) is 3.51. The van der Waals surface area contributed by atoms with Gasteiger partial charge in [-0.15, -0.1) is 0 Å². The van der Waals surface area contributed by atoms with Crippen molar-refractivity contribution in [1.29, 1.82) is 5.26 Å². The van der Waals surface area contributed by atoms with Crippen LogP contribution in [0.5, 0.6) is 0 Å². The van der Waals surface area contributed by atoms with Crippen LogP contribution in [0.2, 0.25) is 0 Å². The smallest absolute Gasteiger partial charge is 0.148 e. The Balaban J connectivity index is 1.98. The molecule has 0 aliphatic carbocycles. The molecule has 1 N–H and O–H groups in total. The number of aromatic amines is 1. The Morgan fingerprint density at radius 2 is 1.86 bits per heavy atom. The number of para-hydroxylation sites is 2. The number of allylic oxidation sites excluding steroid dienone is 2. The first-order valence-corrected chi connectivity index (χ1v) is 6.90. The third-order valence-electron chi connectivity index (χ3n) is 3.51. The number of aromatic nitrogens is 2. The van der Waals surface area contributed by atoms with Crippen LogP contribution in [0.25, 0.3) is 16.6 Å². The Morgan fingerprint density at radius 3 is 2.57 bits per heavy atom. The molecule has 0 saturated heterocycles. The van der Waals surface area contributed by atoms with Gasteiger partial charge in [0.2, 0.25) is 0 Å². The van der Waals surface area contributed by atoms with Gasteiger partial charge < -0.3 is 4.98 Å². The highest BCUT2D eigenvalue weighted by molar-refractivity contribution is 5.82. The molecule has 0 aliphatic heterocycles. The first kappa shape index (κ1) is 13.1. The minimum atomic E-state index is 0.161. The van der Waals surface area contributed by atoms with E-state index in [2.05, 4.69) is 35.1 Å². The number of imidazole rings is 1. The highest BCUT2D eigenvalue weighted by Gasteiger charge is 2.10. The molecule has 3 rings (SSSR count). The van der Waals surface area contributed by atoms with Crippen molar-refractivity contribution in [3.05, 3.63) is 72.1 Å². The monoisotopic (exact) mass is 273 g/mol. The van der Waals surface area contributed by atoms with Crippen LogP contribution in [0.15, 0.2) is 60.7 Å². The van der Waals surface area contributed by atoms with E-state index in [0.717, 1.165) is 11.0 Å². The van der Waals surface area contributed by atoms with Gasteiger partial charge >= 0.3 is 0 Å². The number of hydrogen-bond donors (Lipinski definition) is 1. The van der Waals surface area contributed by atoms with E-state index in [9.17, 15) is 5.26 Å². The maximum atomic E-state index is 9.42. The van der Waals surface area contributed by atoms with E-state index in [1.165, 1.54) is 5.56 Å². The maximum absolute atomic E-state index is 9.42. The van der Waals surface area contributed by atoms with E-state index in [4.69, 9.17) is 0 Å². The lowest BCUT2D eigenvalue weighted by Crippen LogP contribution is -1.92. The molecule has 0 radical (unpaired) electrons. The van der Waals surface area contributed by atoms with Crippen molar-refractivity contribution in [2.24, 2.45) is 0 Å². The predicted molar refractivity (Wildman–Crippen MR) is 84.5 cm³/mol. The normalized spacial score (nSPS) is 13.0. The standard InChI is InChI=1S/C18H15N3/c1-13(14-7-3-2-4-8-14)11-15(12-19)18-20-16-9-5-6-10-17(16)21-18/h2-11,13H,1H3,(H,20,21). The zero-order chi connectivity index (χ0) is 14.7. The summed E-state index contributed by atoms with van der Waals surface area (Å²) in [5.41, 5.74) is 3.57. The number of nitrogens with zero attached hydrogens (tertiary/aromatic N) is 2. The summed E-state index contributed by atoms with van der Waals surface area (Å²) >= 11 is 0. The largest absolute Gasteiger partial charge is 0.337 e. The number of hydrogen-bond acceptors (Lipinski definition) is 2. The highest BCUT2D eigenvalue weighted by atomic mass is 14.9. The first-order chi connectivity index (χ1) is 10.3. The molecule has 2 aromatic carbocycles. The fourth-order valence-corrected chi connectivity index (χ4v) is 2.35. The Morgan fingerprint density at radius 1 is 1.14 bits per heavy atom. The zero-order valence-electron chi connectivity index (χ0n) is 11.7. The molecule has 0 spiro atoms. The van der Waals surface area contributed by atoms with Gasteiger partial charge in [0.05, 0.1) is 16.6 Å². The van der Waals surface area contributed by atoms with Gasteiger partial charge in [0.1, 0.15) is 11.9 Å². The van der Waals surface area contributed by atoms with Crippen LogP contribution in [0.4, 0.5) is 0 Å². The predicted octanol–water partition coefficient (Wildman–Crippen LogP) is 4.27. The summed E-state index contributed by atoms with van der Waals surface area (Å²) < 4.78 is 0. The molecule has 1 aromatic heterocycles. The molecule has 0 saturated carbocycles. The van der Waals surface area contributed by atoms with Crippen molar-refractivity contribution in [2.75, 3.05) is 0 Å². The van der Waals surface area contributed by atoms with E-state index in [0.29, 0.717) is 11.4 Å². The summed E-state index contributed by atoms with van der Waals surface area (Å²) in [5.74, 6) is 0.788. The molecule has 0 aliphatic rings. The molecule has 1 unspecified atom stereocenters. The number of H-pyrrole nitrogens is 1. The molecule has 0 amide bonds. The van der Waals surface area contributed by atoms with Crippen molar-refractivity contribution in [2.45, 2.75) is 12.8 Å². The molecule has 1 heterocycles. The quantitative estimate of drug-likeness (QED) is 0.724. The van der Waals surface area contributed by atoms with Crippen LogP contribution in [0, 0.1) is 11.3 Å². The van der Waals surface area contributed by atoms with Crippen molar-refractivity contribution >= 4 is 16.6 Å². The van der Waals surface area contributed by atoms with Crippen molar-refractivity contribution in [3.8, 4) is 6.07 Å². The fourth-order valence-electron chi connectivity index (χ4n) is 2.35. The van der Waals surface area contributed by atoms with E-state index in [1.807, 2.05) is 48.5 Å². The van der Waals surface area contributed by atoms with Gasteiger partial charge in [-0.1, -0.05) is 55.5 Å². The summed E-state index contributed by atoms with van der Waals surface area (Å²) in [4.78, 5) is 7.69. The molecule has 3 nitrogen and oxygen atoms in total. The Kier molecular flexibility index (Phi) is 3.53. The molecule has 0 bridgehead atoms. The molecule has 3 heteroatoms. The summed E-state index contributed by atoms with van der Waals surface area (Å²) in [6.07, 6.45) is 1.95. The SMILES string of the molecule is CC(C=C(C#N)c1nc2ccccc2[nH]1)c1ccccc1. The second kappa shape index (κ2) is 5.64. The molecular weight excluding hydrogens is 258 g/mol. The first-order valence-electron chi connectivity index (χ1n) is 6.90. The average Bonchev–Trinajstić information content (AvgIpc) is 2.97. The van der Waals surface area contributed by atoms with Crippen LogP contribution in [0.1, 0.15) is 24.2 Å². The third kappa shape index (κ3) is 2.70. The van der Waals surface area contributed by atoms with Crippen molar-refractivity contribution in [1.82, 2.24) is 9.97 Å². The van der Waals surface area contributed by atoms with Crippen LogP contribution in [-0.4, -0.2) is 9.97 Å². The van der Waals surface area contributed by atoms with Gasteiger partial charge in [-0.05, 0) is 17.7 Å². The number of benzene rings is 2. The van der Waals surface area contributed by atoms with Gasteiger partial charge in [0.25, 0.3) is 0 Å². The number of nitriles is 1. The molecule has 102 valence electrons. The summed E-state index contributed by atoms with van der Waals surface area (Å²) in [6.45, 7) is 2.08. The Labute approximate surface area is 123 Å². The average molecular weight is 273 g/mol. The molecule has 0 fully saturated rings. The van der Waals surface area contributed by atoms with Crippen LogP contribution in [-0.2, 0) is 0 Å². The van der Waals surface area contributed by atoms with Crippen LogP contribution >= 0.6 is 0 Å². The Hall–Kier alpha value is -2.86. The molecule has 1 atom stereocenters. The van der Waals surface area contributed by atoms with Crippen LogP contribution in [0.3, 0.4) is 0 Å². The second-order valence-corrected chi connectivity index (χ2v) is 4.99. The van der Waals surface area contributed by atoms with Gasteiger partial charge in [-0.3, -0.25) is 0 Å². The number of fused-ring (bicyclic) bond motifs is 1. The lowest BCUT2D eigenvalue weighted by molar-refractivity contribution is 0.968. The van der Waals surface area contributed by atoms with Gasteiger partial charge in [-0.25, -0.2) is 4.98 Å². The number of nitrogens with one attached hydrogen (secondary N) is 1. The topological polar surface area (TPSA) is 52.5 Å². The molecule has 21 heavy (non-hydrogen) atoms. The minimum Gasteiger partial charge on any atom is -0.337 e. The minimum absolute atomic E-state index is 0.161. The van der Waals surface area contributed by atoms with E-state index >= 15 is 0 Å². The lowest BCUT2D eigenvalue weighted by Gasteiger charge is -2.06. The highest BCUT2D eigenvalue weighted by Crippen LogP contribution is 2.22. The van der Waals surface area contributed by atoms with Crippen molar-refractivity contribution in [3.63, 3.8) is 0 Å². The zero-order valence-corrected chi connectivity index (χ0v) is 11.7. The van der Waals surface area contributed by atoms with Crippen molar-refractivity contribution < 1.29 is 0 Å². The van der Waals surface area contributed by atoms with E-state index in [-0.39, 0.29) is 5.92 Å². The summed E-state index contributed by atoms with van der Waals surface area (Å²) in [7, 11) is 0. The molecule has 3 aromatic rings. The summed E-state index contributed by atoms with van der Waals surface area (Å²) in [6, 6.07) is 20.2. The van der Waals surface area contributed by atoms with E-state index < -0.39 is 0 Å². The fraction of sp³-hybridized carbons (Fsp3) is 0.111.